The fourth-order valence-electron chi connectivity index (χ4n) is 2.50. The average Bonchev–Trinajstić information content (AvgIpc) is 2.90. The van der Waals surface area contributed by atoms with E-state index in [9.17, 15) is 8.42 Å². The molecule has 1 aliphatic heterocycles. The van der Waals surface area contributed by atoms with E-state index in [1.165, 1.54) is 6.20 Å². The van der Waals surface area contributed by atoms with Crippen LogP contribution >= 0.6 is 23.2 Å². The van der Waals surface area contributed by atoms with Gasteiger partial charge in [0.25, 0.3) is 0 Å². The zero-order valence-corrected chi connectivity index (χ0v) is 15.1. The van der Waals surface area contributed by atoms with Gasteiger partial charge in [0.15, 0.2) is 15.7 Å². The number of benzene rings is 1. The van der Waals surface area contributed by atoms with Crippen LogP contribution in [0.3, 0.4) is 0 Å². The second kappa shape index (κ2) is 6.70. The van der Waals surface area contributed by atoms with Gasteiger partial charge in [-0.2, -0.15) is 10.1 Å². The van der Waals surface area contributed by atoms with Gasteiger partial charge in [-0.15, -0.1) is 5.10 Å². The van der Waals surface area contributed by atoms with E-state index >= 15 is 0 Å². The lowest BCUT2D eigenvalue weighted by Gasteiger charge is -2.24. The smallest absolute Gasteiger partial charge is 0.249 e. The number of sulfone groups is 1. The number of nitrogens with zero attached hydrogens (tertiary/aromatic N) is 4. The summed E-state index contributed by atoms with van der Waals surface area (Å²) in [7, 11) is -1.17. The van der Waals surface area contributed by atoms with Crippen LogP contribution in [0.5, 0.6) is 0 Å². The molecule has 1 aromatic heterocycles. The lowest BCUT2D eigenvalue weighted by atomic mass is 10.2. The van der Waals surface area contributed by atoms with Gasteiger partial charge >= 0.3 is 0 Å². The number of halogens is 2. The molecule has 128 valence electrons. The SMILES string of the molecule is CN(c1cnnc(Nc2ccc(Cl)cc2Cl)n1)C1CCS(=O)(=O)C1. The fraction of sp³-hybridized carbons (Fsp3) is 0.357. The van der Waals surface area contributed by atoms with Crippen molar-refractivity contribution in [1.29, 1.82) is 0 Å². The summed E-state index contributed by atoms with van der Waals surface area (Å²) in [5, 5.41) is 11.8. The van der Waals surface area contributed by atoms with Crippen LogP contribution in [0.2, 0.25) is 10.0 Å². The van der Waals surface area contributed by atoms with Crippen molar-refractivity contribution in [2.24, 2.45) is 0 Å². The van der Waals surface area contributed by atoms with E-state index in [2.05, 4.69) is 20.5 Å². The minimum Gasteiger partial charge on any atom is -0.354 e. The third-order valence-corrected chi connectivity index (χ3v) is 6.14. The summed E-state index contributed by atoms with van der Waals surface area (Å²) in [6, 6.07) is 4.91. The minimum absolute atomic E-state index is 0.112. The molecule has 7 nitrogen and oxygen atoms in total. The summed E-state index contributed by atoms with van der Waals surface area (Å²) < 4.78 is 23.3. The summed E-state index contributed by atoms with van der Waals surface area (Å²) in [6.07, 6.45) is 2.08. The predicted molar refractivity (Wildman–Crippen MR) is 95.0 cm³/mol. The van der Waals surface area contributed by atoms with E-state index in [1.807, 2.05) is 4.90 Å². The van der Waals surface area contributed by atoms with Crippen molar-refractivity contribution < 1.29 is 8.42 Å². The van der Waals surface area contributed by atoms with Crippen molar-refractivity contribution in [3.8, 4) is 0 Å². The van der Waals surface area contributed by atoms with E-state index in [0.29, 0.717) is 28.0 Å². The van der Waals surface area contributed by atoms with Crippen LogP contribution in [0.1, 0.15) is 6.42 Å². The van der Waals surface area contributed by atoms with Crippen LogP contribution in [-0.2, 0) is 9.84 Å². The molecular weight excluding hydrogens is 373 g/mol. The van der Waals surface area contributed by atoms with Crippen molar-refractivity contribution in [3.05, 3.63) is 34.4 Å². The Morgan fingerprint density at radius 3 is 2.79 bits per heavy atom. The van der Waals surface area contributed by atoms with Gasteiger partial charge in [-0.25, -0.2) is 8.42 Å². The summed E-state index contributed by atoms with van der Waals surface area (Å²) in [5.74, 6) is 1.13. The summed E-state index contributed by atoms with van der Waals surface area (Å²) in [6.45, 7) is 0. The van der Waals surface area contributed by atoms with Crippen molar-refractivity contribution in [2.75, 3.05) is 28.8 Å². The number of aromatic nitrogens is 3. The Balaban J connectivity index is 1.79. The number of rotatable bonds is 4. The third kappa shape index (κ3) is 3.88. The Morgan fingerprint density at radius 2 is 2.12 bits per heavy atom. The Labute approximate surface area is 149 Å². The first-order valence-corrected chi connectivity index (χ1v) is 9.77. The van der Waals surface area contributed by atoms with Gasteiger partial charge in [-0.1, -0.05) is 23.2 Å². The molecule has 0 bridgehead atoms. The van der Waals surface area contributed by atoms with E-state index in [0.717, 1.165) is 0 Å². The largest absolute Gasteiger partial charge is 0.354 e. The van der Waals surface area contributed by atoms with E-state index in [1.54, 1.807) is 25.2 Å². The fourth-order valence-corrected chi connectivity index (χ4v) is 4.73. The molecule has 24 heavy (non-hydrogen) atoms. The average molecular weight is 388 g/mol. The predicted octanol–water partition coefficient (Wildman–Crippen LogP) is 2.55. The molecule has 1 unspecified atom stereocenters. The Morgan fingerprint density at radius 1 is 1.33 bits per heavy atom. The first kappa shape index (κ1) is 17.2. The standard InChI is InChI=1S/C14H15Cl2N5O2S/c1-21(10-4-5-24(22,23)8-10)13-7-17-20-14(19-13)18-12-3-2-9(15)6-11(12)16/h2-3,6-7,10H,4-5,8H2,1H3,(H,18,19,20). The second-order valence-electron chi connectivity index (χ2n) is 5.56. The third-order valence-electron chi connectivity index (χ3n) is 3.84. The van der Waals surface area contributed by atoms with Crippen molar-refractivity contribution in [2.45, 2.75) is 12.5 Å². The highest BCUT2D eigenvalue weighted by atomic mass is 35.5. The first-order chi connectivity index (χ1) is 11.3. The molecule has 1 saturated heterocycles. The van der Waals surface area contributed by atoms with Crippen LogP contribution in [0.15, 0.2) is 24.4 Å². The maximum atomic E-state index is 11.6. The highest BCUT2D eigenvalue weighted by Crippen LogP contribution is 2.28. The molecule has 2 heterocycles. The topological polar surface area (TPSA) is 88.1 Å². The Kier molecular flexibility index (Phi) is 4.80. The normalized spacial score (nSPS) is 19.2. The monoisotopic (exact) mass is 387 g/mol. The maximum Gasteiger partial charge on any atom is 0.249 e. The Hall–Kier alpha value is -1.64. The summed E-state index contributed by atoms with van der Waals surface area (Å²) >= 11 is 12.0. The van der Waals surface area contributed by atoms with Gasteiger partial charge in [0, 0.05) is 18.1 Å². The molecule has 0 radical (unpaired) electrons. The molecule has 1 N–H and O–H groups in total. The molecule has 0 aliphatic carbocycles. The van der Waals surface area contributed by atoms with Gasteiger partial charge in [0.2, 0.25) is 5.95 Å². The quantitative estimate of drug-likeness (QED) is 0.861. The maximum absolute atomic E-state index is 11.6. The summed E-state index contributed by atoms with van der Waals surface area (Å²) in [4.78, 5) is 6.19. The molecule has 1 fully saturated rings. The van der Waals surface area contributed by atoms with Crippen LogP contribution in [0, 0.1) is 0 Å². The number of hydrogen-bond acceptors (Lipinski definition) is 7. The zero-order chi connectivity index (χ0) is 17.3. The van der Waals surface area contributed by atoms with Crippen LogP contribution in [-0.4, -0.2) is 48.2 Å². The molecule has 1 aromatic carbocycles. The zero-order valence-electron chi connectivity index (χ0n) is 12.8. The molecule has 0 amide bonds. The molecule has 2 aromatic rings. The molecule has 0 spiro atoms. The molecule has 1 aliphatic rings. The van der Waals surface area contributed by atoms with Crippen molar-refractivity contribution in [1.82, 2.24) is 15.2 Å². The highest BCUT2D eigenvalue weighted by molar-refractivity contribution is 7.91. The van der Waals surface area contributed by atoms with Gasteiger partial charge in [0.1, 0.15) is 0 Å². The molecule has 10 heteroatoms. The number of anilines is 3. The highest BCUT2D eigenvalue weighted by Gasteiger charge is 2.31. The molecule has 0 saturated carbocycles. The van der Waals surface area contributed by atoms with Gasteiger partial charge in [-0.05, 0) is 24.6 Å². The lowest BCUT2D eigenvalue weighted by molar-refractivity contribution is 0.600. The van der Waals surface area contributed by atoms with Crippen molar-refractivity contribution >= 4 is 50.5 Å². The van der Waals surface area contributed by atoms with Crippen LogP contribution in [0.4, 0.5) is 17.5 Å². The lowest BCUT2D eigenvalue weighted by Crippen LogP contribution is -2.33. The molecular formula is C14H15Cl2N5O2S. The summed E-state index contributed by atoms with van der Waals surface area (Å²) in [5.41, 5.74) is 0.603. The van der Waals surface area contributed by atoms with Gasteiger partial charge < -0.3 is 10.2 Å². The Bertz CT molecular complexity index is 862. The van der Waals surface area contributed by atoms with E-state index in [-0.39, 0.29) is 23.5 Å². The van der Waals surface area contributed by atoms with Crippen LogP contribution < -0.4 is 10.2 Å². The first-order valence-electron chi connectivity index (χ1n) is 7.19. The number of nitrogens with one attached hydrogen (secondary N) is 1. The van der Waals surface area contributed by atoms with Gasteiger partial charge in [0.05, 0.1) is 28.4 Å². The van der Waals surface area contributed by atoms with E-state index < -0.39 is 9.84 Å². The van der Waals surface area contributed by atoms with E-state index in [4.69, 9.17) is 23.2 Å². The minimum atomic E-state index is -2.97. The second-order valence-corrected chi connectivity index (χ2v) is 8.63. The van der Waals surface area contributed by atoms with Crippen molar-refractivity contribution in [3.63, 3.8) is 0 Å². The molecule has 3 rings (SSSR count). The van der Waals surface area contributed by atoms with Crippen LogP contribution in [0.25, 0.3) is 0 Å². The molecule has 1 atom stereocenters. The number of hydrogen-bond donors (Lipinski definition) is 1. The van der Waals surface area contributed by atoms with Gasteiger partial charge in [-0.3, -0.25) is 0 Å².